The molecule has 0 saturated heterocycles. The third-order valence-corrected chi connectivity index (χ3v) is 4.75. The van der Waals surface area contributed by atoms with Crippen molar-refractivity contribution in [3.63, 3.8) is 0 Å². The largest absolute Gasteiger partial charge is 0.457 e. The maximum absolute atomic E-state index is 12.2. The van der Waals surface area contributed by atoms with Crippen molar-refractivity contribution < 1.29 is 14.3 Å². The summed E-state index contributed by atoms with van der Waals surface area (Å²) in [6.07, 6.45) is 1.22. The molecule has 1 unspecified atom stereocenters. The van der Waals surface area contributed by atoms with Gasteiger partial charge < -0.3 is 21.1 Å². The van der Waals surface area contributed by atoms with E-state index >= 15 is 0 Å². The SMILES string of the molecule is C=CC(=O)NC1CNc2c(C(N)=O)c(-c3ccc(Oc4ccccc4)cc3)nn2C1. The number of fused-ring (bicyclic) bond motifs is 1. The molecule has 1 aliphatic heterocycles. The quantitative estimate of drug-likeness (QED) is 0.548. The Morgan fingerprint density at radius 1 is 1.17 bits per heavy atom. The molecular weight excluding hydrogens is 382 g/mol. The summed E-state index contributed by atoms with van der Waals surface area (Å²) < 4.78 is 7.47. The van der Waals surface area contributed by atoms with E-state index in [0.29, 0.717) is 35.9 Å². The van der Waals surface area contributed by atoms with E-state index in [1.165, 1.54) is 6.08 Å². The summed E-state index contributed by atoms with van der Waals surface area (Å²) in [5, 5.41) is 10.6. The predicted octanol–water partition coefficient (Wildman–Crippen LogP) is 2.54. The Morgan fingerprint density at radius 3 is 2.53 bits per heavy atom. The lowest BCUT2D eigenvalue weighted by Gasteiger charge is -2.25. The molecule has 3 aromatic rings. The van der Waals surface area contributed by atoms with Crippen molar-refractivity contribution >= 4 is 17.6 Å². The number of hydrogen-bond donors (Lipinski definition) is 3. The van der Waals surface area contributed by atoms with Gasteiger partial charge in [0, 0.05) is 12.1 Å². The van der Waals surface area contributed by atoms with Gasteiger partial charge in [0.2, 0.25) is 5.91 Å². The van der Waals surface area contributed by atoms with Gasteiger partial charge in [0.1, 0.15) is 28.6 Å². The highest BCUT2D eigenvalue weighted by molar-refractivity contribution is 6.03. The molecule has 2 aromatic carbocycles. The first kappa shape index (κ1) is 19.3. The summed E-state index contributed by atoms with van der Waals surface area (Å²) in [6, 6.07) is 16.6. The molecule has 152 valence electrons. The normalized spacial score (nSPS) is 14.9. The minimum absolute atomic E-state index is 0.182. The number of carbonyl (C=O) groups is 2. The van der Waals surface area contributed by atoms with Gasteiger partial charge in [0.15, 0.2) is 0 Å². The van der Waals surface area contributed by atoms with Crippen LogP contribution in [0.4, 0.5) is 5.82 Å². The number of nitrogens with zero attached hydrogens (tertiary/aromatic N) is 2. The molecule has 1 aromatic heterocycles. The molecule has 8 nitrogen and oxygen atoms in total. The topological polar surface area (TPSA) is 111 Å². The van der Waals surface area contributed by atoms with Crippen molar-refractivity contribution in [2.45, 2.75) is 12.6 Å². The number of anilines is 1. The monoisotopic (exact) mass is 403 g/mol. The number of carbonyl (C=O) groups excluding carboxylic acids is 2. The van der Waals surface area contributed by atoms with Crippen LogP contribution in [-0.4, -0.2) is 34.2 Å². The number of nitrogens with one attached hydrogen (secondary N) is 2. The number of para-hydroxylation sites is 1. The Bertz CT molecular complexity index is 1090. The molecule has 0 spiro atoms. The van der Waals surface area contributed by atoms with Gasteiger partial charge in [0.25, 0.3) is 5.91 Å². The second kappa shape index (κ2) is 8.12. The van der Waals surface area contributed by atoms with Crippen LogP contribution in [0, 0.1) is 0 Å². The van der Waals surface area contributed by atoms with E-state index in [9.17, 15) is 9.59 Å². The Kier molecular flexibility index (Phi) is 5.21. The zero-order valence-electron chi connectivity index (χ0n) is 16.2. The van der Waals surface area contributed by atoms with Gasteiger partial charge in [-0.25, -0.2) is 4.68 Å². The van der Waals surface area contributed by atoms with E-state index in [4.69, 9.17) is 10.5 Å². The van der Waals surface area contributed by atoms with Crippen molar-refractivity contribution in [2.75, 3.05) is 11.9 Å². The molecule has 0 bridgehead atoms. The Hall–Kier alpha value is -4.07. The third-order valence-electron chi connectivity index (χ3n) is 4.75. The fraction of sp³-hybridized carbons (Fsp3) is 0.136. The third kappa shape index (κ3) is 3.88. The van der Waals surface area contributed by atoms with Crippen LogP contribution in [0.5, 0.6) is 11.5 Å². The molecule has 2 amide bonds. The van der Waals surface area contributed by atoms with Crippen LogP contribution in [0.25, 0.3) is 11.3 Å². The van der Waals surface area contributed by atoms with E-state index in [0.717, 1.165) is 11.3 Å². The van der Waals surface area contributed by atoms with Gasteiger partial charge in [-0.15, -0.1) is 0 Å². The molecule has 0 radical (unpaired) electrons. The van der Waals surface area contributed by atoms with E-state index in [-0.39, 0.29) is 11.9 Å². The fourth-order valence-corrected chi connectivity index (χ4v) is 3.36. The van der Waals surface area contributed by atoms with E-state index < -0.39 is 5.91 Å². The van der Waals surface area contributed by atoms with Crippen molar-refractivity contribution in [1.29, 1.82) is 0 Å². The number of rotatable bonds is 6. The molecule has 1 atom stereocenters. The number of ether oxygens (including phenoxy) is 1. The average Bonchev–Trinajstić information content (AvgIpc) is 3.14. The minimum Gasteiger partial charge on any atom is -0.457 e. The van der Waals surface area contributed by atoms with E-state index in [1.54, 1.807) is 4.68 Å². The van der Waals surface area contributed by atoms with Crippen LogP contribution in [0.15, 0.2) is 67.3 Å². The lowest BCUT2D eigenvalue weighted by atomic mass is 10.1. The van der Waals surface area contributed by atoms with Gasteiger partial charge >= 0.3 is 0 Å². The first-order chi connectivity index (χ1) is 14.5. The van der Waals surface area contributed by atoms with Crippen LogP contribution >= 0.6 is 0 Å². The number of aromatic nitrogens is 2. The lowest BCUT2D eigenvalue weighted by molar-refractivity contribution is -0.117. The number of hydrogen-bond acceptors (Lipinski definition) is 5. The highest BCUT2D eigenvalue weighted by atomic mass is 16.5. The summed E-state index contributed by atoms with van der Waals surface area (Å²) in [4.78, 5) is 23.7. The second-order valence-corrected chi connectivity index (χ2v) is 6.85. The molecule has 30 heavy (non-hydrogen) atoms. The van der Waals surface area contributed by atoms with Gasteiger partial charge in [0.05, 0.1) is 12.6 Å². The molecule has 0 aliphatic carbocycles. The fourth-order valence-electron chi connectivity index (χ4n) is 3.36. The predicted molar refractivity (Wildman–Crippen MR) is 113 cm³/mol. The summed E-state index contributed by atoms with van der Waals surface area (Å²) >= 11 is 0. The van der Waals surface area contributed by atoms with Crippen LogP contribution < -0.4 is 21.1 Å². The van der Waals surface area contributed by atoms with E-state index in [1.807, 2.05) is 54.6 Å². The zero-order chi connectivity index (χ0) is 21.1. The molecule has 0 fully saturated rings. The van der Waals surface area contributed by atoms with Crippen molar-refractivity contribution in [2.24, 2.45) is 5.73 Å². The highest BCUT2D eigenvalue weighted by Crippen LogP contribution is 2.32. The van der Waals surface area contributed by atoms with Gasteiger partial charge in [-0.1, -0.05) is 24.8 Å². The van der Waals surface area contributed by atoms with Gasteiger partial charge in [-0.2, -0.15) is 5.10 Å². The second-order valence-electron chi connectivity index (χ2n) is 6.85. The maximum Gasteiger partial charge on any atom is 0.254 e. The van der Waals surface area contributed by atoms with Crippen molar-refractivity contribution in [3.05, 3.63) is 72.8 Å². The van der Waals surface area contributed by atoms with Crippen LogP contribution in [-0.2, 0) is 11.3 Å². The molecule has 0 saturated carbocycles. The van der Waals surface area contributed by atoms with Gasteiger partial charge in [-0.05, 0) is 42.5 Å². The molecule has 4 rings (SSSR count). The van der Waals surface area contributed by atoms with E-state index in [2.05, 4.69) is 22.3 Å². The average molecular weight is 403 g/mol. The standard InChI is InChI=1S/C22H21N5O3/c1-2-18(28)25-15-12-24-22-19(21(23)29)20(26-27(22)13-15)14-8-10-17(11-9-14)30-16-6-4-3-5-7-16/h2-11,15,24H,1,12-13H2,(H2,23,29)(H,25,28). The summed E-state index contributed by atoms with van der Waals surface area (Å²) in [7, 11) is 0. The lowest BCUT2D eigenvalue weighted by Crippen LogP contribution is -2.45. The maximum atomic E-state index is 12.2. The summed E-state index contributed by atoms with van der Waals surface area (Å²) in [6.45, 7) is 4.33. The Morgan fingerprint density at radius 2 is 1.87 bits per heavy atom. The molecule has 4 N–H and O–H groups in total. The molecule has 1 aliphatic rings. The first-order valence-electron chi connectivity index (χ1n) is 9.46. The first-order valence-corrected chi connectivity index (χ1v) is 9.46. The summed E-state index contributed by atoms with van der Waals surface area (Å²) in [5.41, 5.74) is 7.18. The number of amides is 2. The Balaban J connectivity index is 1.60. The zero-order valence-corrected chi connectivity index (χ0v) is 16.2. The molecule has 2 heterocycles. The molecular formula is C22H21N5O3. The van der Waals surface area contributed by atoms with Crippen LogP contribution in [0.2, 0.25) is 0 Å². The molecule has 8 heteroatoms. The minimum atomic E-state index is -0.572. The van der Waals surface area contributed by atoms with Crippen LogP contribution in [0.1, 0.15) is 10.4 Å². The smallest absolute Gasteiger partial charge is 0.254 e. The highest BCUT2D eigenvalue weighted by Gasteiger charge is 2.28. The van der Waals surface area contributed by atoms with Gasteiger partial charge in [-0.3, -0.25) is 9.59 Å². The van der Waals surface area contributed by atoms with Crippen molar-refractivity contribution in [1.82, 2.24) is 15.1 Å². The summed E-state index contributed by atoms with van der Waals surface area (Å²) in [5.74, 6) is 1.11. The Labute approximate surface area is 173 Å². The number of primary amides is 1. The number of nitrogens with two attached hydrogens (primary N) is 1. The van der Waals surface area contributed by atoms with Crippen molar-refractivity contribution in [3.8, 4) is 22.8 Å². The number of benzene rings is 2. The van der Waals surface area contributed by atoms with Crippen LogP contribution in [0.3, 0.4) is 0 Å².